The number of amides is 1. The van der Waals surface area contributed by atoms with Crippen molar-refractivity contribution in [1.82, 2.24) is 20.4 Å². The molecule has 0 aromatic rings. The molecule has 0 saturated carbocycles. The number of carbonyl (C=O) groups excluding carboxylic acids is 1. The maximum Gasteiger partial charge on any atom is 0.406 e. The minimum absolute atomic E-state index is 0.315. The largest absolute Gasteiger partial charge is 0.406 e. The van der Waals surface area contributed by atoms with Gasteiger partial charge in [-0.05, 0) is 32.9 Å². The molecule has 0 aliphatic carbocycles. The van der Waals surface area contributed by atoms with Gasteiger partial charge in [0.2, 0.25) is 5.91 Å². The predicted molar refractivity (Wildman–Crippen MR) is 87.9 cm³/mol. The first-order chi connectivity index (χ1) is 11.3. The quantitative estimate of drug-likeness (QED) is 0.532. The van der Waals surface area contributed by atoms with E-state index >= 15 is 0 Å². The normalized spacial score (nSPS) is 19.4. The van der Waals surface area contributed by atoms with E-state index in [4.69, 9.17) is 0 Å². The lowest BCUT2D eigenvalue weighted by Crippen LogP contribution is -2.45. The van der Waals surface area contributed by atoms with Crippen LogP contribution in [0, 0.1) is 0 Å². The van der Waals surface area contributed by atoms with E-state index < -0.39 is 18.6 Å². The number of likely N-dealkylation sites (N-methyl/N-ethyl adjacent to an activating group) is 2. The van der Waals surface area contributed by atoms with Crippen LogP contribution in [0.15, 0.2) is 4.99 Å². The van der Waals surface area contributed by atoms with Crippen LogP contribution < -0.4 is 10.6 Å². The van der Waals surface area contributed by atoms with E-state index in [1.807, 2.05) is 6.92 Å². The summed E-state index contributed by atoms with van der Waals surface area (Å²) in [6.07, 6.45) is -2.13. The Morgan fingerprint density at radius 3 is 2.62 bits per heavy atom. The number of guanidine groups is 1. The molecular formula is C15H28F3N5O. The highest BCUT2D eigenvalue weighted by atomic mass is 19.4. The fraction of sp³-hybridized carbons (Fsp3) is 0.867. The van der Waals surface area contributed by atoms with Crippen molar-refractivity contribution in [2.24, 2.45) is 4.99 Å². The first-order valence-corrected chi connectivity index (χ1v) is 8.33. The van der Waals surface area contributed by atoms with E-state index in [-0.39, 0.29) is 6.54 Å². The minimum atomic E-state index is -4.40. The number of nitrogens with one attached hydrogen (secondary N) is 2. The summed E-state index contributed by atoms with van der Waals surface area (Å²) in [4.78, 5) is 18.9. The van der Waals surface area contributed by atoms with Crippen LogP contribution in [-0.4, -0.2) is 80.2 Å². The van der Waals surface area contributed by atoms with Gasteiger partial charge in [-0.2, -0.15) is 13.2 Å². The molecule has 0 radical (unpaired) electrons. The summed E-state index contributed by atoms with van der Waals surface area (Å²) in [5.41, 5.74) is 0. The van der Waals surface area contributed by atoms with Crippen molar-refractivity contribution in [3.63, 3.8) is 0 Å². The van der Waals surface area contributed by atoms with Gasteiger partial charge in [-0.3, -0.25) is 9.69 Å². The van der Waals surface area contributed by atoms with E-state index in [2.05, 4.69) is 27.4 Å². The highest BCUT2D eigenvalue weighted by molar-refractivity contribution is 5.84. The van der Waals surface area contributed by atoms with Crippen molar-refractivity contribution in [3.05, 3.63) is 0 Å². The van der Waals surface area contributed by atoms with Gasteiger partial charge >= 0.3 is 6.18 Å². The third kappa shape index (κ3) is 7.37. The van der Waals surface area contributed by atoms with Gasteiger partial charge < -0.3 is 15.5 Å². The van der Waals surface area contributed by atoms with Gasteiger partial charge in [-0.15, -0.1) is 0 Å². The van der Waals surface area contributed by atoms with Crippen LogP contribution in [0.3, 0.4) is 0 Å². The number of likely N-dealkylation sites (tertiary alicyclic amines) is 1. The molecule has 0 bridgehead atoms. The fourth-order valence-corrected chi connectivity index (χ4v) is 2.72. The first-order valence-electron chi connectivity index (χ1n) is 8.33. The minimum Gasteiger partial charge on any atom is -0.357 e. The molecule has 1 aliphatic heterocycles. The molecule has 140 valence electrons. The standard InChI is InChI=1S/C15H28F3N5O/c1-4-19-14(20-9-12-7-6-8-23(12)5-2)21-10-13(24)22(3)11-15(16,17)18/h12H,4-11H2,1-3H3,(H2,19,20,21). The summed E-state index contributed by atoms with van der Waals surface area (Å²) < 4.78 is 36.9. The molecule has 9 heteroatoms. The van der Waals surface area contributed by atoms with Crippen LogP contribution in [0.1, 0.15) is 26.7 Å². The van der Waals surface area contributed by atoms with Crippen molar-refractivity contribution in [1.29, 1.82) is 0 Å². The third-order valence-corrected chi connectivity index (χ3v) is 3.97. The van der Waals surface area contributed by atoms with Crippen molar-refractivity contribution in [2.75, 3.05) is 46.3 Å². The maximum atomic E-state index is 12.3. The number of rotatable bonds is 7. The lowest BCUT2D eigenvalue weighted by atomic mass is 10.2. The van der Waals surface area contributed by atoms with Gasteiger partial charge in [0.15, 0.2) is 5.96 Å². The van der Waals surface area contributed by atoms with E-state index in [0.29, 0.717) is 30.0 Å². The number of hydrogen-bond donors (Lipinski definition) is 2. The van der Waals surface area contributed by atoms with Crippen LogP contribution in [-0.2, 0) is 4.79 Å². The molecule has 24 heavy (non-hydrogen) atoms. The van der Waals surface area contributed by atoms with Gasteiger partial charge in [-0.25, -0.2) is 4.99 Å². The average Bonchev–Trinajstić information content (AvgIpc) is 2.95. The number of nitrogens with zero attached hydrogens (tertiary/aromatic N) is 3. The van der Waals surface area contributed by atoms with Gasteiger partial charge in [0, 0.05) is 26.2 Å². The molecule has 1 fully saturated rings. The maximum absolute atomic E-state index is 12.3. The molecule has 0 spiro atoms. The van der Waals surface area contributed by atoms with Crippen molar-refractivity contribution in [2.45, 2.75) is 38.9 Å². The Kier molecular flexibility index (Phi) is 8.30. The second-order valence-corrected chi connectivity index (χ2v) is 5.87. The molecule has 1 heterocycles. The van der Waals surface area contributed by atoms with Crippen molar-refractivity contribution in [3.8, 4) is 0 Å². The Labute approximate surface area is 141 Å². The summed E-state index contributed by atoms with van der Waals surface area (Å²) in [6, 6.07) is 0.419. The van der Waals surface area contributed by atoms with E-state index in [1.165, 1.54) is 0 Å². The molecule has 1 amide bonds. The summed E-state index contributed by atoms with van der Waals surface area (Å²) in [5.74, 6) is -0.213. The number of alkyl halides is 3. The lowest BCUT2D eigenvalue weighted by Gasteiger charge is -2.24. The molecule has 0 aromatic heterocycles. The van der Waals surface area contributed by atoms with Gasteiger partial charge in [-0.1, -0.05) is 6.92 Å². The Morgan fingerprint density at radius 2 is 2.04 bits per heavy atom. The Morgan fingerprint density at radius 1 is 1.33 bits per heavy atom. The smallest absolute Gasteiger partial charge is 0.357 e. The summed E-state index contributed by atoms with van der Waals surface area (Å²) >= 11 is 0. The molecule has 1 atom stereocenters. The van der Waals surface area contributed by atoms with E-state index in [9.17, 15) is 18.0 Å². The lowest BCUT2D eigenvalue weighted by molar-refractivity contribution is -0.157. The van der Waals surface area contributed by atoms with Crippen LogP contribution in [0.4, 0.5) is 13.2 Å². The van der Waals surface area contributed by atoms with Crippen LogP contribution in [0.5, 0.6) is 0 Å². The Hall–Kier alpha value is -1.51. The zero-order valence-corrected chi connectivity index (χ0v) is 14.6. The first kappa shape index (κ1) is 20.5. The number of hydrogen-bond acceptors (Lipinski definition) is 3. The molecule has 0 aromatic carbocycles. The summed E-state index contributed by atoms with van der Waals surface area (Å²) in [7, 11) is 1.13. The van der Waals surface area contributed by atoms with Gasteiger partial charge in [0.05, 0.1) is 0 Å². The number of halogens is 3. The van der Waals surface area contributed by atoms with Crippen LogP contribution in [0.25, 0.3) is 0 Å². The second kappa shape index (κ2) is 9.71. The SMILES string of the molecule is CCNC(=NCC(=O)N(C)CC(F)(F)F)NCC1CCCN1CC. The molecule has 6 nitrogen and oxygen atoms in total. The molecule has 1 saturated heterocycles. The van der Waals surface area contributed by atoms with Gasteiger partial charge in [0.1, 0.15) is 13.1 Å². The van der Waals surface area contributed by atoms with Crippen molar-refractivity contribution < 1.29 is 18.0 Å². The molecule has 1 aliphatic rings. The highest BCUT2D eigenvalue weighted by Gasteiger charge is 2.31. The molecular weight excluding hydrogens is 323 g/mol. The second-order valence-electron chi connectivity index (χ2n) is 5.87. The Bertz CT molecular complexity index is 428. The zero-order valence-electron chi connectivity index (χ0n) is 14.6. The summed E-state index contributed by atoms with van der Waals surface area (Å²) in [5, 5.41) is 6.18. The average molecular weight is 351 g/mol. The van der Waals surface area contributed by atoms with Crippen LogP contribution in [0.2, 0.25) is 0 Å². The fourth-order valence-electron chi connectivity index (χ4n) is 2.72. The molecule has 1 unspecified atom stereocenters. The molecule has 2 N–H and O–H groups in total. The zero-order chi connectivity index (χ0) is 18.2. The molecule has 1 rings (SSSR count). The topological polar surface area (TPSA) is 60.0 Å². The summed E-state index contributed by atoms with van der Waals surface area (Å²) in [6.45, 7) is 5.81. The predicted octanol–water partition coefficient (Wildman–Crippen LogP) is 1.05. The van der Waals surface area contributed by atoms with Gasteiger partial charge in [0.25, 0.3) is 0 Å². The number of carbonyl (C=O) groups is 1. The third-order valence-electron chi connectivity index (χ3n) is 3.97. The Balaban J connectivity index is 2.51. The van der Waals surface area contributed by atoms with Crippen molar-refractivity contribution >= 4 is 11.9 Å². The number of aliphatic imine (C=N–C) groups is 1. The van der Waals surface area contributed by atoms with Crippen LogP contribution >= 0.6 is 0 Å². The highest BCUT2D eigenvalue weighted by Crippen LogP contribution is 2.16. The monoisotopic (exact) mass is 351 g/mol. The van der Waals surface area contributed by atoms with E-state index in [0.717, 1.165) is 33.0 Å². The van der Waals surface area contributed by atoms with E-state index in [1.54, 1.807) is 0 Å².